The number of nitrogens with zero attached hydrogens (tertiary/aromatic N) is 1. The van der Waals surface area contributed by atoms with Gasteiger partial charge in [-0.2, -0.15) is 0 Å². The molecular formula is C16H22ClNO3S. The van der Waals surface area contributed by atoms with E-state index in [4.69, 9.17) is 11.6 Å². The van der Waals surface area contributed by atoms with Crippen LogP contribution in [0.25, 0.3) is 0 Å². The van der Waals surface area contributed by atoms with E-state index in [1.165, 1.54) is 0 Å². The van der Waals surface area contributed by atoms with Gasteiger partial charge in [0, 0.05) is 17.6 Å². The molecule has 4 nitrogen and oxygen atoms in total. The Morgan fingerprint density at radius 1 is 1.32 bits per heavy atom. The Morgan fingerprint density at radius 3 is 2.55 bits per heavy atom. The van der Waals surface area contributed by atoms with E-state index in [9.17, 15) is 13.2 Å². The number of halogens is 1. The van der Waals surface area contributed by atoms with E-state index in [0.717, 1.165) is 18.4 Å². The Morgan fingerprint density at radius 2 is 2.00 bits per heavy atom. The first-order valence-electron chi connectivity index (χ1n) is 7.65. The molecule has 1 aromatic carbocycles. The van der Waals surface area contributed by atoms with Crippen LogP contribution in [0.4, 0.5) is 0 Å². The van der Waals surface area contributed by atoms with E-state index < -0.39 is 9.84 Å². The standard InChI is InChI=1S/C16H22ClNO3S/c1-2-3-9-18(15-8-10-22(20,21)12-15)16(19)11-13-4-6-14(17)7-5-13/h4-7,15H,2-3,8-12H2,1H3. The summed E-state index contributed by atoms with van der Waals surface area (Å²) in [5.41, 5.74) is 0.900. The maximum absolute atomic E-state index is 12.6. The first-order chi connectivity index (χ1) is 10.4. The van der Waals surface area contributed by atoms with E-state index in [0.29, 0.717) is 18.0 Å². The SMILES string of the molecule is CCCCN(C(=O)Cc1ccc(Cl)cc1)C1CCS(=O)(=O)C1. The molecule has 1 saturated heterocycles. The van der Waals surface area contributed by atoms with Gasteiger partial charge in [0.1, 0.15) is 0 Å². The van der Waals surface area contributed by atoms with Gasteiger partial charge in [-0.3, -0.25) is 4.79 Å². The van der Waals surface area contributed by atoms with Gasteiger partial charge in [0.25, 0.3) is 0 Å². The van der Waals surface area contributed by atoms with Crippen molar-refractivity contribution in [1.82, 2.24) is 4.90 Å². The number of unbranched alkanes of at least 4 members (excludes halogenated alkanes) is 1. The van der Waals surface area contributed by atoms with Crippen LogP contribution in [0.5, 0.6) is 0 Å². The summed E-state index contributed by atoms with van der Waals surface area (Å²) in [6.45, 7) is 2.69. The molecule has 0 aromatic heterocycles. The van der Waals surface area contributed by atoms with Crippen molar-refractivity contribution < 1.29 is 13.2 Å². The smallest absolute Gasteiger partial charge is 0.227 e. The van der Waals surface area contributed by atoms with Crippen molar-refractivity contribution in [2.24, 2.45) is 0 Å². The van der Waals surface area contributed by atoms with Crippen molar-refractivity contribution in [2.45, 2.75) is 38.6 Å². The van der Waals surface area contributed by atoms with E-state index in [2.05, 4.69) is 6.92 Å². The molecule has 122 valence electrons. The van der Waals surface area contributed by atoms with E-state index in [-0.39, 0.29) is 29.9 Å². The maximum atomic E-state index is 12.6. The molecule has 1 fully saturated rings. The number of carbonyl (C=O) groups is 1. The average molecular weight is 344 g/mol. The fourth-order valence-electron chi connectivity index (χ4n) is 2.74. The molecule has 1 atom stereocenters. The molecule has 1 amide bonds. The highest BCUT2D eigenvalue weighted by molar-refractivity contribution is 7.91. The van der Waals surface area contributed by atoms with Crippen LogP contribution < -0.4 is 0 Å². The third kappa shape index (κ3) is 4.71. The fourth-order valence-corrected chi connectivity index (χ4v) is 4.60. The number of carbonyl (C=O) groups excluding carboxylic acids is 1. The van der Waals surface area contributed by atoms with Crippen LogP contribution in [0.2, 0.25) is 5.02 Å². The monoisotopic (exact) mass is 343 g/mol. The van der Waals surface area contributed by atoms with Gasteiger partial charge in [0.05, 0.1) is 17.9 Å². The fraction of sp³-hybridized carbons (Fsp3) is 0.562. The summed E-state index contributed by atoms with van der Waals surface area (Å²) in [6, 6.07) is 7.03. The lowest BCUT2D eigenvalue weighted by molar-refractivity contribution is -0.132. The molecule has 1 aromatic rings. The summed E-state index contributed by atoms with van der Waals surface area (Å²) >= 11 is 5.85. The highest BCUT2D eigenvalue weighted by Crippen LogP contribution is 2.20. The van der Waals surface area contributed by atoms with E-state index in [1.54, 1.807) is 17.0 Å². The lowest BCUT2D eigenvalue weighted by Gasteiger charge is -2.28. The van der Waals surface area contributed by atoms with E-state index >= 15 is 0 Å². The van der Waals surface area contributed by atoms with E-state index in [1.807, 2.05) is 12.1 Å². The second-order valence-electron chi connectivity index (χ2n) is 5.80. The topological polar surface area (TPSA) is 54.5 Å². The van der Waals surface area contributed by atoms with Crippen LogP contribution in [-0.2, 0) is 21.1 Å². The number of hydrogen-bond donors (Lipinski definition) is 0. The van der Waals surface area contributed by atoms with Crippen LogP contribution in [-0.4, -0.2) is 43.3 Å². The molecule has 0 aliphatic carbocycles. The second kappa shape index (κ2) is 7.47. The van der Waals surface area contributed by atoms with Gasteiger partial charge in [-0.15, -0.1) is 0 Å². The molecule has 1 heterocycles. The summed E-state index contributed by atoms with van der Waals surface area (Å²) in [5.74, 6) is 0.287. The number of amides is 1. The van der Waals surface area contributed by atoms with Crippen molar-refractivity contribution in [2.75, 3.05) is 18.1 Å². The van der Waals surface area contributed by atoms with Crippen molar-refractivity contribution in [1.29, 1.82) is 0 Å². The zero-order chi connectivity index (χ0) is 16.2. The van der Waals surface area contributed by atoms with Crippen LogP contribution in [0, 0.1) is 0 Å². The third-order valence-corrected chi connectivity index (χ3v) is 5.99. The molecule has 0 bridgehead atoms. The van der Waals surface area contributed by atoms with Crippen LogP contribution in [0.1, 0.15) is 31.7 Å². The summed E-state index contributed by atoms with van der Waals surface area (Å²) in [4.78, 5) is 14.4. The Labute approximate surface area is 137 Å². The molecule has 0 N–H and O–H groups in total. The molecule has 1 aliphatic rings. The predicted molar refractivity (Wildman–Crippen MR) is 88.8 cm³/mol. The van der Waals surface area contributed by atoms with Gasteiger partial charge in [0.15, 0.2) is 9.84 Å². The van der Waals surface area contributed by atoms with Gasteiger partial charge < -0.3 is 4.90 Å². The first-order valence-corrected chi connectivity index (χ1v) is 9.85. The minimum absolute atomic E-state index is 0.00197. The largest absolute Gasteiger partial charge is 0.338 e. The van der Waals surface area contributed by atoms with Gasteiger partial charge in [-0.05, 0) is 30.5 Å². The maximum Gasteiger partial charge on any atom is 0.227 e. The lowest BCUT2D eigenvalue weighted by Crippen LogP contribution is -2.42. The number of hydrogen-bond acceptors (Lipinski definition) is 3. The molecule has 2 rings (SSSR count). The molecule has 22 heavy (non-hydrogen) atoms. The molecule has 1 aliphatic heterocycles. The third-order valence-electron chi connectivity index (χ3n) is 3.99. The van der Waals surface area contributed by atoms with Crippen LogP contribution in [0.3, 0.4) is 0 Å². The van der Waals surface area contributed by atoms with Gasteiger partial charge in [0.2, 0.25) is 5.91 Å². The Bertz CT molecular complexity index is 613. The summed E-state index contributed by atoms with van der Waals surface area (Å²) in [6.07, 6.45) is 2.71. The average Bonchev–Trinajstić information content (AvgIpc) is 2.82. The molecule has 6 heteroatoms. The number of rotatable bonds is 6. The van der Waals surface area contributed by atoms with Gasteiger partial charge >= 0.3 is 0 Å². The zero-order valence-corrected chi connectivity index (χ0v) is 14.4. The summed E-state index contributed by atoms with van der Waals surface area (Å²) in [7, 11) is -2.99. The Hall–Kier alpha value is -1.07. The quantitative estimate of drug-likeness (QED) is 0.798. The molecule has 1 unspecified atom stereocenters. The minimum atomic E-state index is -2.99. The van der Waals surface area contributed by atoms with Gasteiger partial charge in [-0.25, -0.2) is 8.42 Å². The molecular weight excluding hydrogens is 322 g/mol. The van der Waals surface area contributed by atoms with Crippen molar-refractivity contribution in [3.8, 4) is 0 Å². The summed E-state index contributed by atoms with van der Waals surface area (Å²) < 4.78 is 23.4. The highest BCUT2D eigenvalue weighted by atomic mass is 35.5. The van der Waals surface area contributed by atoms with Crippen LogP contribution >= 0.6 is 11.6 Å². The number of benzene rings is 1. The molecule has 0 saturated carbocycles. The van der Waals surface area contributed by atoms with Crippen LogP contribution in [0.15, 0.2) is 24.3 Å². The summed E-state index contributed by atoms with van der Waals surface area (Å²) in [5, 5.41) is 0.640. The Balaban J connectivity index is 2.07. The number of sulfone groups is 1. The normalized spacial score (nSPS) is 20.0. The zero-order valence-electron chi connectivity index (χ0n) is 12.8. The molecule has 0 spiro atoms. The van der Waals surface area contributed by atoms with Crippen molar-refractivity contribution >= 4 is 27.3 Å². The van der Waals surface area contributed by atoms with Gasteiger partial charge in [-0.1, -0.05) is 37.1 Å². The van der Waals surface area contributed by atoms with Crippen molar-refractivity contribution in [3.63, 3.8) is 0 Å². The lowest BCUT2D eigenvalue weighted by atomic mass is 10.1. The second-order valence-corrected chi connectivity index (χ2v) is 8.47. The minimum Gasteiger partial charge on any atom is -0.338 e. The molecule has 0 radical (unpaired) electrons. The first kappa shape index (κ1) is 17.3. The van der Waals surface area contributed by atoms with Crippen molar-refractivity contribution in [3.05, 3.63) is 34.9 Å². The highest BCUT2D eigenvalue weighted by Gasteiger charge is 2.34. The predicted octanol–water partition coefficient (Wildman–Crippen LogP) is 2.70. The Kier molecular flexibility index (Phi) is 5.87.